The highest BCUT2D eigenvalue weighted by Crippen LogP contribution is 2.34. The molecule has 2 aromatic rings. The van der Waals surface area contributed by atoms with Gasteiger partial charge in [-0.1, -0.05) is 38.3 Å². The average Bonchev–Trinajstić information content (AvgIpc) is 3.08. The van der Waals surface area contributed by atoms with Crippen molar-refractivity contribution in [3.63, 3.8) is 0 Å². The van der Waals surface area contributed by atoms with Crippen molar-refractivity contribution in [1.82, 2.24) is 14.5 Å². The van der Waals surface area contributed by atoms with Crippen LogP contribution in [0.4, 0.5) is 0 Å². The van der Waals surface area contributed by atoms with Crippen LogP contribution in [0.5, 0.6) is 0 Å². The van der Waals surface area contributed by atoms with E-state index in [9.17, 15) is 4.79 Å². The summed E-state index contributed by atoms with van der Waals surface area (Å²) in [5.74, 6) is 3.36. The predicted molar refractivity (Wildman–Crippen MR) is 119 cm³/mol. The van der Waals surface area contributed by atoms with E-state index < -0.39 is 0 Å². The van der Waals surface area contributed by atoms with Crippen molar-refractivity contribution in [2.24, 2.45) is 17.8 Å². The smallest absolute Gasteiger partial charge is 0.225 e. The monoisotopic (exact) mass is 395 g/mol. The lowest BCUT2D eigenvalue weighted by Gasteiger charge is -2.36. The van der Waals surface area contributed by atoms with Gasteiger partial charge in [0.25, 0.3) is 0 Å². The van der Waals surface area contributed by atoms with E-state index in [0.29, 0.717) is 17.7 Å². The number of unbranched alkanes of at least 4 members (excludes halogenated alkanes) is 1. The van der Waals surface area contributed by atoms with Gasteiger partial charge in [0.1, 0.15) is 5.82 Å². The van der Waals surface area contributed by atoms with Crippen LogP contribution in [0.15, 0.2) is 24.3 Å². The van der Waals surface area contributed by atoms with Crippen molar-refractivity contribution < 1.29 is 4.79 Å². The topological polar surface area (TPSA) is 38.1 Å². The first-order valence-corrected chi connectivity index (χ1v) is 11.9. The summed E-state index contributed by atoms with van der Waals surface area (Å²) in [4.78, 5) is 19.9. The molecule has 4 rings (SSSR count). The maximum atomic E-state index is 13.0. The maximum Gasteiger partial charge on any atom is 0.225 e. The van der Waals surface area contributed by atoms with Gasteiger partial charge in [0.15, 0.2) is 0 Å². The zero-order valence-electron chi connectivity index (χ0n) is 18.3. The van der Waals surface area contributed by atoms with Crippen molar-refractivity contribution in [1.29, 1.82) is 0 Å². The Morgan fingerprint density at radius 3 is 2.48 bits per heavy atom. The van der Waals surface area contributed by atoms with Crippen LogP contribution in [0.2, 0.25) is 0 Å². The maximum absolute atomic E-state index is 13.0. The van der Waals surface area contributed by atoms with E-state index in [1.54, 1.807) is 0 Å². The van der Waals surface area contributed by atoms with E-state index in [1.165, 1.54) is 37.6 Å². The number of carbonyl (C=O) groups is 1. The Hall–Kier alpha value is -1.84. The van der Waals surface area contributed by atoms with Gasteiger partial charge in [-0.3, -0.25) is 4.79 Å². The van der Waals surface area contributed by atoms with Gasteiger partial charge < -0.3 is 9.47 Å². The van der Waals surface area contributed by atoms with Crippen LogP contribution >= 0.6 is 0 Å². The van der Waals surface area contributed by atoms with Crippen molar-refractivity contribution in [3.05, 3.63) is 30.1 Å². The first-order chi connectivity index (χ1) is 14.2. The minimum Gasteiger partial charge on any atom is -0.342 e. The number of fused-ring (bicyclic) bond motifs is 1. The average molecular weight is 396 g/mol. The van der Waals surface area contributed by atoms with E-state index in [4.69, 9.17) is 4.98 Å². The number of carbonyl (C=O) groups excluding carboxylic acids is 1. The fourth-order valence-corrected chi connectivity index (χ4v) is 5.47. The molecule has 4 heteroatoms. The van der Waals surface area contributed by atoms with Crippen molar-refractivity contribution in [3.8, 4) is 0 Å². The molecule has 1 aliphatic heterocycles. The minimum absolute atomic E-state index is 0.296. The molecule has 1 aromatic heterocycles. The summed E-state index contributed by atoms with van der Waals surface area (Å²) in [6, 6.07) is 8.42. The Morgan fingerprint density at radius 1 is 1.03 bits per heavy atom. The third-order valence-corrected chi connectivity index (χ3v) is 7.37. The third kappa shape index (κ3) is 4.67. The molecule has 4 nitrogen and oxygen atoms in total. The van der Waals surface area contributed by atoms with Crippen LogP contribution < -0.4 is 0 Å². The zero-order valence-corrected chi connectivity index (χ0v) is 18.3. The largest absolute Gasteiger partial charge is 0.342 e. The Labute approximate surface area is 175 Å². The number of para-hydroxylation sites is 2. The van der Waals surface area contributed by atoms with E-state index >= 15 is 0 Å². The number of rotatable bonds is 6. The number of piperidine rings is 1. The number of hydrogen-bond donors (Lipinski definition) is 0. The molecular formula is C25H37N3O. The standard InChI is InChI=1S/C25H37N3O/c1-3-4-7-20-10-12-22(13-11-20)25(29)27-16-14-21(15-17-27)18-28-19(2)26-23-8-5-6-9-24(23)28/h5-6,8-9,20-22H,3-4,7,10-18H2,1-2H3. The summed E-state index contributed by atoms with van der Waals surface area (Å²) in [5, 5.41) is 0. The normalized spacial score (nSPS) is 23.6. The lowest BCUT2D eigenvalue weighted by atomic mass is 9.79. The molecule has 1 amide bonds. The Morgan fingerprint density at radius 2 is 1.76 bits per heavy atom. The fourth-order valence-electron chi connectivity index (χ4n) is 5.47. The Kier molecular flexibility index (Phi) is 6.56. The van der Waals surface area contributed by atoms with Gasteiger partial charge in [-0.2, -0.15) is 0 Å². The highest BCUT2D eigenvalue weighted by Gasteiger charge is 2.31. The molecule has 2 aliphatic rings. The van der Waals surface area contributed by atoms with Crippen LogP contribution in [0.3, 0.4) is 0 Å². The van der Waals surface area contributed by atoms with Gasteiger partial charge in [0.05, 0.1) is 11.0 Å². The van der Waals surface area contributed by atoms with Gasteiger partial charge >= 0.3 is 0 Å². The van der Waals surface area contributed by atoms with E-state index in [-0.39, 0.29) is 0 Å². The Balaban J connectivity index is 1.27. The third-order valence-electron chi connectivity index (χ3n) is 7.37. The fraction of sp³-hybridized carbons (Fsp3) is 0.680. The van der Waals surface area contributed by atoms with Gasteiger partial charge in [-0.15, -0.1) is 0 Å². The number of aryl methyl sites for hydroxylation is 1. The molecule has 1 saturated heterocycles. The summed E-state index contributed by atoms with van der Waals surface area (Å²) >= 11 is 0. The van der Waals surface area contributed by atoms with Gasteiger partial charge in [-0.05, 0) is 69.4 Å². The Bertz CT molecular complexity index is 811. The molecule has 0 bridgehead atoms. The SMILES string of the molecule is CCCCC1CCC(C(=O)N2CCC(Cn3c(C)nc4ccccc43)CC2)CC1. The summed E-state index contributed by atoms with van der Waals surface area (Å²) in [6.07, 6.45) is 11.0. The highest BCUT2D eigenvalue weighted by molar-refractivity contribution is 5.79. The summed E-state index contributed by atoms with van der Waals surface area (Å²) in [6.45, 7) is 7.28. The molecule has 2 fully saturated rings. The second kappa shape index (κ2) is 9.32. The summed E-state index contributed by atoms with van der Waals surface area (Å²) in [7, 11) is 0. The van der Waals surface area contributed by atoms with E-state index in [2.05, 4.69) is 47.6 Å². The molecule has 0 unspecified atom stereocenters. The first kappa shape index (κ1) is 20.4. The van der Waals surface area contributed by atoms with Crippen LogP contribution in [-0.4, -0.2) is 33.4 Å². The van der Waals surface area contributed by atoms with Crippen LogP contribution in [0.1, 0.15) is 70.5 Å². The molecule has 0 spiro atoms. The molecule has 2 heterocycles. The lowest BCUT2D eigenvalue weighted by Crippen LogP contribution is -2.43. The molecule has 1 saturated carbocycles. The second-order valence-electron chi connectivity index (χ2n) is 9.39. The number of amides is 1. The van der Waals surface area contributed by atoms with Crippen molar-refractivity contribution in [2.45, 2.75) is 78.2 Å². The molecule has 29 heavy (non-hydrogen) atoms. The number of aromatic nitrogens is 2. The van der Waals surface area contributed by atoms with Crippen LogP contribution in [0, 0.1) is 24.7 Å². The summed E-state index contributed by atoms with van der Waals surface area (Å²) < 4.78 is 2.37. The highest BCUT2D eigenvalue weighted by atomic mass is 16.2. The van der Waals surface area contributed by atoms with E-state index in [1.807, 2.05) is 0 Å². The molecule has 0 radical (unpaired) electrons. The first-order valence-electron chi connectivity index (χ1n) is 11.9. The molecule has 0 atom stereocenters. The van der Waals surface area contributed by atoms with Gasteiger partial charge in [-0.25, -0.2) is 4.98 Å². The lowest BCUT2D eigenvalue weighted by molar-refractivity contribution is -0.138. The number of likely N-dealkylation sites (tertiary alicyclic amines) is 1. The quantitative estimate of drug-likeness (QED) is 0.640. The minimum atomic E-state index is 0.296. The van der Waals surface area contributed by atoms with Crippen LogP contribution in [-0.2, 0) is 11.3 Å². The van der Waals surface area contributed by atoms with Gasteiger partial charge in [0, 0.05) is 25.6 Å². The molecular weight excluding hydrogens is 358 g/mol. The second-order valence-corrected chi connectivity index (χ2v) is 9.39. The molecule has 0 N–H and O–H groups in total. The number of hydrogen-bond acceptors (Lipinski definition) is 2. The van der Waals surface area contributed by atoms with Crippen LogP contribution in [0.25, 0.3) is 11.0 Å². The molecule has 158 valence electrons. The zero-order chi connectivity index (χ0) is 20.2. The number of nitrogens with zero attached hydrogens (tertiary/aromatic N) is 3. The number of imidazole rings is 1. The van der Waals surface area contributed by atoms with Gasteiger partial charge in [0.2, 0.25) is 5.91 Å². The molecule has 1 aromatic carbocycles. The van der Waals surface area contributed by atoms with Crippen molar-refractivity contribution >= 4 is 16.9 Å². The van der Waals surface area contributed by atoms with E-state index in [0.717, 1.165) is 62.6 Å². The summed E-state index contributed by atoms with van der Waals surface area (Å²) in [5.41, 5.74) is 2.33. The number of benzene rings is 1. The predicted octanol–water partition coefficient (Wildman–Crippen LogP) is 5.58. The van der Waals surface area contributed by atoms with Crippen molar-refractivity contribution in [2.75, 3.05) is 13.1 Å². The molecule has 1 aliphatic carbocycles.